The van der Waals surface area contributed by atoms with Crippen molar-refractivity contribution in [3.8, 4) is 5.75 Å². The fourth-order valence-electron chi connectivity index (χ4n) is 2.17. The summed E-state index contributed by atoms with van der Waals surface area (Å²) in [6.45, 7) is 3.64. The number of nitrogens with zero attached hydrogens (tertiary/aromatic N) is 1. The van der Waals surface area contributed by atoms with E-state index in [9.17, 15) is 13.2 Å². The molecule has 0 radical (unpaired) electrons. The fraction of sp³-hybridized carbons (Fsp3) is 0.312. The van der Waals surface area contributed by atoms with Crippen molar-refractivity contribution in [3.05, 3.63) is 57.5 Å². The summed E-state index contributed by atoms with van der Waals surface area (Å²) in [7, 11) is -0.749. The van der Waals surface area contributed by atoms with Crippen LogP contribution in [0.1, 0.15) is 16.7 Å². The van der Waals surface area contributed by atoms with Gasteiger partial charge in [0.1, 0.15) is 10.6 Å². The molecule has 0 aliphatic heterocycles. The van der Waals surface area contributed by atoms with Crippen LogP contribution >= 0.6 is 0 Å². The molecule has 2 aromatic rings. The van der Waals surface area contributed by atoms with Gasteiger partial charge in [-0.1, -0.05) is 6.07 Å². The smallest absolute Gasteiger partial charge is 0.254 e. The van der Waals surface area contributed by atoms with Crippen molar-refractivity contribution in [2.24, 2.45) is 7.05 Å². The van der Waals surface area contributed by atoms with Crippen LogP contribution in [0.2, 0.25) is 0 Å². The minimum atomic E-state index is -3.79. The molecule has 0 saturated heterocycles. The highest BCUT2D eigenvalue weighted by atomic mass is 32.2. The molecule has 124 valence electrons. The molecule has 0 unspecified atom stereocenters. The zero-order valence-corrected chi connectivity index (χ0v) is 14.4. The number of aryl methyl sites for hydroxylation is 3. The number of hydrogen-bond donors (Lipinski definition) is 1. The summed E-state index contributed by atoms with van der Waals surface area (Å²) in [5.41, 5.74) is 1.93. The summed E-state index contributed by atoms with van der Waals surface area (Å²) in [6, 6.07) is 6.55. The summed E-state index contributed by atoms with van der Waals surface area (Å²) in [5, 5.41) is 0. The molecule has 0 aliphatic carbocycles. The van der Waals surface area contributed by atoms with Crippen molar-refractivity contribution in [2.75, 3.05) is 7.11 Å². The summed E-state index contributed by atoms with van der Waals surface area (Å²) in [5.74, 6) is 0.279. The fourth-order valence-corrected chi connectivity index (χ4v) is 3.41. The number of hydrogen-bond acceptors (Lipinski definition) is 4. The van der Waals surface area contributed by atoms with Gasteiger partial charge in [-0.15, -0.1) is 0 Å². The molecule has 23 heavy (non-hydrogen) atoms. The predicted octanol–water partition coefficient (Wildman–Crippen LogP) is 1.49. The van der Waals surface area contributed by atoms with Gasteiger partial charge in [0.05, 0.1) is 7.11 Å². The number of methoxy groups -OCH3 is 1. The highest BCUT2D eigenvalue weighted by Crippen LogP contribution is 2.27. The Morgan fingerprint density at radius 3 is 2.52 bits per heavy atom. The maximum absolute atomic E-state index is 12.5. The van der Waals surface area contributed by atoms with Crippen LogP contribution in [0, 0.1) is 13.8 Å². The molecule has 0 atom stereocenters. The number of aromatic nitrogens is 1. The molecule has 0 aliphatic rings. The molecular weight excluding hydrogens is 316 g/mol. The Morgan fingerprint density at radius 2 is 1.87 bits per heavy atom. The van der Waals surface area contributed by atoms with Crippen LogP contribution in [0.4, 0.5) is 0 Å². The van der Waals surface area contributed by atoms with Gasteiger partial charge in [0.2, 0.25) is 10.0 Å². The summed E-state index contributed by atoms with van der Waals surface area (Å²) >= 11 is 0. The number of pyridine rings is 1. The van der Waals surface area contributed by atoms with Crippen LogP contribution in [0.15, 0.2) is 40.2 Å². The number of benzene rings is 1. The van der Waals surface area contributed by atoms with Crippen LogP contribution in [-0.2, 0) is 23.6 Å². The topological polar surface area (TPSA) is 77.4 Å². The van der Waals surface area contributed by atoms with Crippen LogP contribution in [-0.4, -0.2) is 20.1 Å². The molecule has 0 fully saturated rings. The van der Waals surface area contributed by atoms with Crippen LogP contribution in [0.5, 0.6) is 5.75 Å². The second-order valence-corrected chi connectivity index (χ2v) is 7.10. The average molecular weight is 336 g/mol. The normalized spacial score (nSPS) is 11.5. The second-order valence-electron chi connectivity index (χ2n) is 5.36. The molecule has 0 saturated carbocycles. The van der Waals surface area contributed by atoms with Gasteiger partial charge in [0, 0.05) is 25.4 Å². The SMILES string of the molecule is COc1cc(C)c(C)cc1S(=O)(=O)NCc1cccn(C)c1=O. The van der Waals surface area contributed by atoms with Gasteiger partial charge >= 0.3 is 0 Å². The van der Waals surface area contributed by atoms with Crippen LogP contribution < -0.4 is 15.0 Å². The Hall–Kier alpha value is -2.12. The van der Waals surface area contributed by atoms with Gasteiger partial charge in [-0.2, -0.15) is 0 Å². The van der Waals surface area contributed by atoms with Crippen molar-refractivity contribution < 1.29 is 13.2 Å². The van der Waals surface area contributed by atoms with E-state index in [-0.39, 0.29) is 22.7 Å². The quantitative estimate of drug-likeness (QED) is 0.897. The lowest BCUT2D eigenvalue weighted by Crippen LogP contribution is -2.29. The summed E-state index contributed by atoms with van der Waals surface area (Å²) in [6.07, 6.45) is 1.62. The van der Waals surface area contributed by atoms with E-state index in [0.717, 1.165) is 11.1 Å². The predicted molar refractivity (Wildman–Crippen MR) is 88.2 cm³/mol. The third-order valence-electron chi connectivity index (χ3n) is 3.72. The first kappa shape index (κ1) is 17.2. The van der Waals surface area contributed by atoms with Gasteiger partial charge in [-0.25, -0.2) is 13.1 Å². The maximum Gasteiger partial charge on any atom is 0.254 e. The molecular formula is C16H20N2O4S. The summed E-state index contributed by atoms with van der Waals surface area (Å²) < 4.78 is 34.1. The Morgan fingerprint density at radius 1 is 1.22 bits per heavy atom. The first-order valence-corrected chi connectivity index (χ1v) is 8.54. The number of ether oxygens (including phenoxy) is 1. The lowest BCUT2D eigenvalue weighted by molar-refractivity contribution is 0.401. The molecule has 2 rings (SSSR count). The molecule has 0 bridgehead atoms. The minimum Gasteiger partial charge on any atom is -0.495 e. The first-order valence-electron chi connectivity index (χ1n) is 7.05. The molecule has 1 aromatic carbocycles. The largest absolute Gasteiger partial charge is 0.495 e. The van der Waals surface area contributed by atoms with E-state index in [4.69, 9.17) is 4.74 Å². The van der Waals surface area contributed by atoms with Crippen molar-refractivity contribution in [3.63, 3.8) is 0 Å². The zero-order chi connectivity index (χ0) is 17.2. The number of sulfonamides is 1. The second kappa shape index (κ2) is 6.55. The van der Waals surface area contributed by atoms with E-state index in [2.05, 4.69) is 4.72 Å². The molecule has 0 spiro atoms. The van der Waals surface area contributed by atoms with E-state index in [1.54, 1.807) is 37.5 Å². The van der Waals surface area contributed by atoms with Gasteiger partial charge in [-0.05, 0) is 43.2 Å². The van der Waals surface area contributed by atoms with Crippen molar-refractivity contribution >= 4 is 10.0 Å². The third-order valence-corrected chi connectivity index (χ3v) is 5.15. The molecule has 1 N–H and O–H groups in total. The van der Waals surface area contributed by atoms with Gasteiger partial charge < -0.3 is 9.30 Å². The molecule has 0 amide bonds. The highest BCUT2D eigenvalue weighted by molar-refractivity contribution is 7.89. The lowest BCUT2D eigenvalue weighted by Gasteiger charge is -2.13. The van der Waals surface area contributed by atoms with Gasteiger partial charge in [0.15, 0.2) is 0 Å². The monoisotopic (exact) mass is 336 g/mol. The first-order chi connectivity index (χ1) is 10.8. The molecule has 1 aromatic heterocycles. The Labute approximate surface area is 135 Å². The minimum absolute atomic E-state index is 0.0656. The standard InChI is InChI=1S/C16H20N2O4S/c1-11-8-14(22-4)15(9-12(11)2)23(20,21)17-10-13-6-5-7-18(3)16(13)19/h5-9,17H,10H2,1-4H3. The Bertz CT molecular complexity index is 885. The Kier molecular flexibility index (Phi) is 4.91. The summed E-state index contributed by atoms with van der Waals surface area (Å²) in [4.78, 5) is 12.0. The van der Waals surface area contributed by atoms with E-state index < -0.39 is 10.0 Å². The van der Waals surface area contributed by atoms with E-state index in [1.165, 1.54) is 11.7 Å². The van der Waals surface area contributed by atoms with E-state index in [0.29, 0.717) is 5.56 Å². The van der Waals surface area contributed by atoms with Gasteiger partial charge in [0.25, 0.3) is 5.56 Å². The van der Waals surface area contributed by atoms with E-state index in [1.807, 2.05) is 13.8 Å². The van der Waals surface area contributed by atoms with Crippen molar-refractivity contribution in [2.45, 2.75) is 25.3 Å². The molecule has 6 nitrogen and oxygen atoms in total. The van der Waals surface area contributed by atoms with Crippen molar-refractivity contribution in [1.29, 1.82) is 0 Å². The number of nitrogens with one attached hydrogen (secondary N) is 1. The Balaban J connectivity index is 2.34. The molecule has 7 heteroatoms. The van der Waals surface area contributed by atoms with Crippen LogP contribution in [0.3, 0.4) is 0 Å². The van der Waals surface area contributed by atoms with Gasteiger partial charge in [-0.3, -0.25) is 4.79 Å². The van der Waals surface area contributed by atoms with Crippen molar-refractivity contribution in [1.82, 2.24) is 9.29 Å². The number of rotatable bonds is 5. The van der Waals surface area contributed by atoms with Crippen LogP contribution in [0.25, 0.3) is 0 Å². The lowest BCUT2D eigenvalue weighted by atomic mass is 10.1. The highest BCUT2D eigenvalue weighted by Gasteiger charge is 2.20. The zero-order valence-electron chi connectivity index (χ0n) is 13.6. The van der Waals surface area contributed by atoms with E-state index >= 15 is 0 Å². The third kappa shape index (κ3) is 3.62. The molecule has 1 heterocycles. The maximum atomic E-state index is 12.5. The average Bonchev–Trinajstić information content (AvgIpc) is 2.51.